The molecule has 31 heavy (non-hydrogen) atoms. The highest BCUT2D eigenvalue weighted by molar-refractivity contribution is 7.89. The Kier molecular flexibility index (Phi) is 6.14. The molecule has 0 unspecified atom stereocenters. The third kappa shape index (κ3) is 5.36. The fourth-order valence-electron chi connectivity index (χ4n) is 3.54. The lowest BCUT2D eigenvalue weighted by Gasteiger charge is -2.14. The van der Waals surface area contributed by atoms with Gasteiger partial charge in [0, 0.05) is 24.0 Å². The summed E-state index contributed by atoms with van der Waals surface area (Å²) < 4.78 is 33.7. The van der Waals surface area contributed by atoms with Crippen LogP contribution < -0.4 is 14.8 Å². The minimum absolute atomic E-state index is 0.0100. The number of hydrogen-bond acceptors (Lipinski definition) is 7. The zero-order valence-corrected chi connectivity index (χ0v) is 17.6. The average Bonchev–Trinajstić information content (AvgIpc) is 3.37. The molecule has 10 nitrogen and oxygen atoms in total. The Morgan fingerprint density at radius 1 is 1.16 bits per heavy atom. The Labute approximate surface area is 180 Å². The fraction of sp³-hybridized carbons (Fsp3) is 0.400. The number of sulfonamides is 1. The van der Waals surface area contributed by atoms with Crippen LogP contribution in [0, 0.1) is 0 Å². The fourth-order valence-corrected chi connectivity index (χ4v) is 4.56. The first-order valence-electron chi connectivity index (χ1n) is 10.0. The quantitative estimate of drug-likeness (QED) is 0.586. The molecule has 11 heteroatoms. The zero-order valence-electron chi connectivity index (χ0n) is 16.8. The first kappa shape index (κ1) is 21.2. The molecule has 2 heterocycles. The van der Waals surface area contributed by atoms with Gasteiger partial charge in [0.05, 0.1) is 24.1 Å². The van der Waals surface area contributed by atoms with Crippen LogP contribution in [0.15, 0.2) is 41.6 Å². The summed E-state index contributed by atoms with van der Waals surface area (Å²) in [6.45, 7) is 0.0975. The van der Waals surface area contributed by atoms with Crippen molar-refractivity contribution in [2.75, 3.05) is 6.54 Å². The Morgan fingerprint density at radius 2 is 1.90 bits per heavy atom. The Hall–Kier alpha value is -3.05. The van der Waals surface area contributed by atoms with E-state index in [2.05, 4.69) is 20.0 Å². The zero-order chi connectivity index (χ0) is 21.8. The molecule has 2 fully saturated rings. The van der Waals surface area contributed by atoms with Gasteiger partial charge in [-0.1, -0.05) is 6.07 Å². The van der Waals surface area contributed by atoms with Crippen LogP contribution in [-0.4, -0.2) is 47.9 Å². The van der Waals surface area contributed by atoms with Gasteiger partial charge in [0.25, 0.3) is 0 Å². The highest BCUT2D eigenvalue weighted by atomic mass is 32.2. The van der Waals surface area contributed by atoms with Crippen molar-refractivity contribution in [2.45, 2.75) is 49.8 Å². The van der Waals surface area contributed by atoms with E-state index in [0.717, 1.165) is 25.7 Å². The molecule has 1 aliphatic carbocycles. The summed E-state index contributed by atoms with van der Waals surface area (Å²) in [7, 11) is -3.77. The topological polar surface area (TPSA) is 131 Å². The van der Waals surface area contributed by atoms with E-state index in [0.29, 0.717) is 11.3 Å². The average molecular weight is 446 g/mol. The van der Waals surface area contributed by atoms with Crippen molar-refractivity contribution < 1.29 is 22.7 Å². The third-order valence-electron chi connectivity index (χ3n) is 5.14. The Balaban J connectivity index is 1.34. The Bertz CT molecular complexity index is 1070. The van der Waals surface area contributed by atoms with Gasteiger partial charge in [-0.2, -0.15) is 0 Å². The molecule has 1 saturated carbocycles. The number of benzene rings is 1. The van der Waals surface area contributed by atoms with Crippen molar-refractivity contribution in [2.24, 2.45) is 0 Å². The third-order valence-corrected chi connectivity index (χ3v) is 6.54. The number of nitrogens with one attached hydrogen (secondary N) is 2. The smallest absolute Gasteiger partial charge is 0.324 e. The summed E-state index contributed by atoms with van der Waals surface area (Å²) in [6, 6.07) is 5.99. The van der Waals surface area contributed by atoms with E-state index in [1.54, 1.807) is 12.1 Å². The standard InChI is InChI=1S/C20H23N5O5S/c26-19-13-25(20(27)24-19)12-14-9-21-18(22-10-14)11-23-31(28,29)17-7-3-6-16(8-17)30-15-4-1-2-5-15/h3,6-10,15,23H,1-2,4-5,11-13H2,(H,24,26,27). The molecular weight excluding hydrogens is 422 g/mol. The van der Waals surface area contributed by atoms with Gasteiger partial charge in [-0.15, -0.1) is 0 Å². The van der Waals surface area contributed by atoms with Gasteiger partial charge in [-0.25, -0.2) is 27.9 Å². The van der Waals surface area contributed by atoms with Crippen LogP contribution in [0.1, 0.15) is 37.1 Å². The maximum absolute atomic E-state index is 12.7. The van der Waals surface area contributed by atoms with Crippen LogP contribution in [0.4, 0.5) is 4.79 Å². The highest BCUT2D eigenvalue weighted by Crippen LogP contribution is 2.25. The van der Waals surface area contributed by atoms with Crippen LogP contribution >= 0.6 is 0 Å². The Morgan fingerprint density at radius 3 is 2.58 bits per heavy atom. The molecule has 1 saturated heterocycles. The lowest BCUT2D eigenvalue weighted by molar-refractivity contribution is -0.118. The van der Waals surface area contributed by atoms with E-state index in [1.165, 1.54) is 29.4 Å². The number of urea groups is 1. The van der Waals surface area contributed by atoms with Gasteiger partial charge >= 0.3 is 6.03 Å². The molecule has 2 N–H and O–H groups in total. The number of hydrogen-bond donors (Lipinski definition) is 2. The van der Waals surface area contributed by atoms with Crippen molar-refractivity contribution >= 4 is 22.0 Å². The second-order valence-corrected chi connectivity index (χ2v) is 9.31. The van der Waals surface area contributed by atoms with Crippen LogP contribution in [0.3, 0.4) is 0 Å². The summed E-state index contributed by atoms with van der Waals surface area (Å²) in [4.78, 5) is 32.6. The van der Waals surface area contributed by atoms with E-state index in [9.17, 15) is 18.0 Å². The number of carbonyl (C=O) groups excluding carboxylic acids is 2. The van der Waals surface area contributed by atoms with E-state index < -0.39 is 16.1 Å². The molecule has 1 aromatic carbocycles. The number of amides is 3. The first-order chi connectivity index (χ1) is 14.9. The molecular formula is C20H23N5O5S. The van der Waals surface area contributed by atoms with Gasteiger partial charge in [-0.05, 0) is 37.8 Å². The van der Waals surface area contributed by atoms with Gasteiger partial charge < -0.3 is 9.64 Å². The summed E-state index contributed by atoms with van der Waals surface area (Å²) in [5.74, 6) is 0.474. The minimum Gasteiger partial charge on any atom is -0.490 e. The number of ether oxygens (including phenoxy) is 1. The molecule has 1 aromatic heterocycles. The van der Waals surface area contributed by atoms with E-state index in [-0.39, 0.29) is 42.4 Å². The maximum Gasteiger partial charge on any atom is 0.324 e. The molecule has 164 valence electrons. The SMILES string of the molecule is O=C1CN(Cc2cnc(CNS(=O)(=O)c3cccc(OC4CCCC4)c3)nc2)C(=O)N1. The van der Waals surface area contributed by atoms with Crippen LogP contribution in [0.2, 0.25) is 0 Å². The number of carbonyl (C=O) groups is 2. The number of imide groups is 1. The van der Waals surface area contributed by atoms with Crippen molar-refractivity contribution in [3.05, 3.63) is 48.0 Å². The number of rotatable bonds is 8. The normalized spacial score (nSPS) is 17.2. The maximum atomic E-state index is 12.7. The van der Waals surface area contributed by atoms with E-state index >= 15 is 0 Å². The number of aromatic nitrogens is 2. The monoisotopic (exact) mass is 445 g/mol. The van der Waals surface area contributed by atoms with Gasteiger partial charge in [-0.3, -0.25) is 10.1 Å². The second-order valence-electron chi connectivity index (χ2n) is 7.54. The summed E-state index contributed by atoms with van der Waals surface area (Å²) in [6.07, 6.45) is 7.38. The summed E-state index contributed by atoms with van der Waals surface area (Å²) in [5.41, 5.74) is 0.633. The van der Waals surface area contributed by atoms with Gasteiger partial charge in [0.15, 0.2) is 0 Å². The summed E-state index contributed by atoms with van der Waals surface area (Å²) in [5, 5.41) is 2.20. The van der Waals surface area contributed by atoms with Gasteiger partial charge in [0.1, 0.15) is 18.1 Å². The molecule has 0 atom stereocenters. The van der Waals surface area contributed by atoms with Crippen LogP contribution in [0.25, 0.3) is 0 Å². The predicted octanol–water partition coefficient (Wildman–Crippen LogP) is 1.33. The van der Waals surface area contributed by atoms with Crippen molar-refractivity contribution in [3.8, 4) is 5.75 Å². The largest absolute Gasteiger partial charge is 0.490 e. The van der Waals surface area contributed by atoms with Gasteiger partial charge in [0.2, 0.25) is 15.9 Å². The first-order valence-corrected chi connectivity index (χ1v) is 11.5. The predicted molar refractivity (Wildman–Crippen MR) is 109 cm³/mol. The molecule has 2 aliphatic rings. The lowest BCUT2D eigenvalue weighted by Crippen LogP contribution is -2.28. The second kappa shape index (κ2) is 8.98. The molecule has 3 amide bonds. The van der Waals surface area contributed by atoms with Crippen molar-refractivity contribution in [1.82, 2.24) is 24.9 Å². The molecule has 0 spiro atoms. The molecule has 4 rings (SSSR count). The summed E-state index contributed by atoms with van der Waals surface area (Å²) >= 11 is 0. The van der Waals surface area contributed by atoms with Crippen molar-refractivity contribution in [3.63, 3.8) is 0 Å². The highest BCUT2D eigenvalue weighted by Gasteiger charge is 2.26. The molecule has 0 radical (unpaired) electrons. The minimum atomic E-state index is -3.77. The van der Waals surface area contributed by atoms with Crippen LogP contribution in [-0.2, 0) is 27.9 Å². The lowest BCUT2D eigenvalue weighted by atomic mass is 10.3. The van der Waals surface area contributed by atoms with E-state index in [4.69, 9.17) is 4.74 Å². The molecule has 1 aliphatic heterocycles. The van der Waals surface area contributed by atoms with E-state index in [1.807, 2.05) is 0 Å². The molecule has 2 aromatic rings. The van der Waals surface area contributed by atoms with Crippen molar-refractivity contribution in [1.29, 1.82) is 0 Å². The van der Waals surface area contributed by atoms with Crippen LogP contribution in [0.5, 0.6) is 5.75 Å². The number of nitrogens with zero attached hydrogens (tertiary/aromatic N) is 3. The molecule has 0 bridgehead atoms.